The highest BCUT2D eigenvalue weighted by atomic mass is 32.1. The molecule has 3 aromatic rings. The van der Waals surface area contributed by atoms with Gasteiger partial charge < -0.3 is 5.32 Å². The molecule has 0 radical (unpaired) electrons. The first-order chi connectivity index (χ1) is 13.1. The smallest absolute Gasteiger partial charge is 0.278 e. The molecule has 1 aliphatic heterocycles. The van der Waals surface area contributed by atoms with E-state index >= 15 is 0 Å². The molecule has 1 aromatic carbocycles. The van der Waals surface area contributed by atoms with Crippen molar-refractivity contribution in [3.63, 3.8) is 0 Å². The van der Waals surface area contributed by atoms with Crippen LogP contribution in [0.4, 0.5) is 10.1 Å². The third kappa shape index (κ3) is 3.37. The van der Waals surface area contributed by atoms with Crippen LogP contribution in [0.5, 0.6) is 0 Å². The van der Waals surface area contributed by atoms with Crippen molar-refractivity contribution in [1.29, 1.82) is 0 Å². The Hall–Kier alpha value is -3.32. The number of thiophene rings is 1. The van der Waals surface area contributed by atoms with Crippen molar-refractivity contribution in [2.24, 2.45) is 0 Å². The molecule has 1 N–H and O–H groups in total. The van der Waals surface area contributed by atoms with Gasteiger partial charge in [-0.25, -0.2) is 4.39 Å². The highest BCUT2D eigenvalue weighted by molar-refractivity contribution is 7.11. The number of halogens is 1. The van der Waals surface area contributed by atoms with Gasteiger partial charge in [-0.2, -0.15) is 0 Å². The Morgan fingerprint density at radius 1 is 1.07 bits per heavy atom. The molecule has 1 aliphatic rings. The molecule has 3 heterocycles. The monoisotopic (exact) mass is 379 g/mol. The van der Waals surface area contributed by atoms with Gasteiger partial charge in [0.05, 0.1) is 12.1 Å². The third-order valence-electron chi connectivity index (χ3n) is 4.09. The zero-order valence-corrected chi connectivity index (χ0v) is 14.9. The second-order valence-corrected chi connectivity index (χ2v) is 6.87. The topological polar surface area (TPSA) is 62.3 Å². The van der Waals surface area contributed by atoms with Gasteiger partial charge in [0, 0.05) is 23.0 Å². The fraction of sp³-hybridized carbons (Fsp3) is 0.0500. The molecule has 0 saturated heterocycles. The van der Waals surface area contributed by atoms with Gasteiger partial charge in [-0.15, -0.1) is 11.3 Å². The average molecular weight is 379 g/mol. The highest BCUT2D eigenvalue weighted by Gasteiger charge is 2.39. The second kappa shape index (κ2) is 7.13. The van der Waals surface area contributed by atoms with Gasteiger partial charge in [-0.05, 0) is 41.3 Å². The maximum absolute atomic E-state index is 13.5. The maximum atomic E-state index is 13.5. The predicted molar refractivity (Wildman–Crippen MR) is 101 cm³/mol. The molecule has 27 heavy (non-hydrogen) atoms. The summed E-state index contributed by atoms with van der Waals surface area (Å²) in [5, 5.41) is 4.77. The number of benzene rings is 1. The zero-order chi connectivity index (χ0) is 18.8. The van der Waals surface area contributed by atoms with Crippen LogP contribution >= 0.6 is 11.3 Å². The van der Waals surface area contributed by atoms with Gasteiger partial charge in [0.15, 0.2) is 0 Å². The van der Waals surface area contributed by atoms with Crippen LogP contribution in [0.2, 0.25) is 0 Å². The Morgan fingerprint density at radius 2 is 1.96 bits per heavy atom. The summed E-state index contributed by atoms with van der Waals surface area (Å²) in [6, 6.07) is 12.9. The van der Waals surface area contributed by atoms with Crippen molar-refractivity contribution < 1.29 is 14.0 Å². The summed E-state index contributed by atoms with van der Waals surface area (Å²) in [5.74, 6) is -1.26. The van der Waals surface area contributed by atoms with Crippen LogP contribution in [-0.2, 0) is 16.1 Å². The first-order valence-electron chi connectivity index (χ1n) is 8.19. The Labute approximate surface area is 158 Å². The molecule has 4 rings (SSSR count). The van der Waals surface area contributed by atoms with Crippen LogP contribution in [0.3, 0.4) is 0 Å². The fourth-order valence-electron chi connectivity index (χ4n) is 2.87. The molecule has 2 aromatic heterocycles. The van der Waals surface area contributed by atoms with Gasteiger partial charge in [0.2, 0.25) is 0 Å². The van der Waals surface area contributed by atoms with E-state index in [4.69, 9.17) is 0 Å². The van der Waals surface area contributed by atoms with Crippen LogP contribution < -0.4 is 5.32 Å². The lowest BCUT2D eigenvalue weighted by molar-refractivity contribution is -0.137. The zero-order valence-electron chi connectivity index (χ0n) is 14.1. The van der Waals surface area contributed by atoms with Gasteiger partial charge in [0.25, 0.3) is 11.8 Å². The number of aromatic nitrogens is 1. The van der Waals surface area contributed by atoms with E-state index in [1.54, 1.807) is 36.7 Å². The van der Waals surface area contributed by atoms with Crippen LogP contribution in [0.25, 0.3) is 5.57 Å². The standard InChI is InChI=1S/C20H14FN3O2S/c21-14-5-1-6-15(10-14)23-18-17(16-7-3-9-27-16)19(25)24(20(18)26)12-13-4-2-8-22-11-13/h1-11,23H,12H2. The SMILES string of the molecule is O=C1C(Nc2cccc(F)c2)=C(c2cccs2)C(=O)N1Cc1cccnc1. The van der Waals surface area contributed by atoms with E-state index in [1.807, 2.05) is 11.4 Å². The van der Waals surface area contributed by atoms with E-state index in [9.17, 15) is 14.0 Å². The van der Waals surface area contributed by atoms with E-state index in [1.165, 1.54) is 34.4 Å². The molecule has 134 valence electrons. The van der Waals surface area contributed by atoms with E-state index in [-0.39, 0.29) is 18.1 Å². The normalized spacial score (nSPS) is 14.2. The minimum atomic E-state index is -0.448. The number of hydrogen-bond acceptors (Lipinski definition) is 5. The largest absolute Gasteiger partial charge is 0.350 e. The van der Waals surface area contributed by atoms with Gasteiger partial charge in [0.1, 0.15) is 11.5 Å². The minimum Gasteiger partial charge on any atom is -0.350 e. The fourth-order valence-corrected chi connectivity index (χ4v) is 3.64. The number of carbonyl (C=O) groups excluding carboxylic acids is 2. The summed E-state index contributed by atoms with van der Waals surface area (Å²) in [6.45, 7) is 0.120. The summed E-state index contributed by atoms with van der Waals surface area (Å²) in [7, 11) is 0. The number of hydrogen-bond donors (Lipinski definition) is 1. The van der Waals surface area contributed by atoms with Crippen molar-refractivity contribution in [1.82, 2.24) is 9.88 Å². The minimum absolute atomic E-state index is 0.120. The number of nitrogens with one attached hydrogen (secondary N) is 1. The van der Waals surface area contributed by atoms with Crippen molar-refractivity contribution in [2.75, 3.05) is 5.32 Å². The average Bonchev–Trinajstić information content (AvgIpc) is 3.26. The van der Waals surface area contributed by atoms with Crippen LogP contribution in [-0.4, -0.2) is 21.7 Å². The van der Waals surface area contributed by atoms with Crippen molar-refractivity contribution in [2.45, 2.75) is 6.54 Å². The van der Waals surface area contributed by atoms with Crippen LogP contribution in [0.15, 0.2) is 72.0 Å². The molecule has 0 bridgehead atoms. The molecule has 0 aliphatic carbocycles. The molecule has 2 amide bonds. The first-order valence-corrected chi connectivity index (χ1v) is 9.07. The molecular formula is C20H14FN3O2S. The van der Waals surface area contributed by atoms with E-state index in [2.05, 4.69) is 10.3 Å². The first kappa shape index (κ1) is 17.1. The Morgan fingerprint density at radius 3 is 2.67 bits per heavy atom. The molecule has 0 saturated carbocycles. The summed E-state index contributed by atoms with van der Waals surface area (Å²) in [4.78, 5) is 31.9. The summed E-state index contributed by atoms with van der Waals surface area (Å²) >= 11 is 1.37. The number of rotatable bonds is 5. The van der Waals surface area contributed by atoms with Gasteiger partial charge >= 0.3 is 0 Å². The van der Waals surface area contributed by atoms with Crippen molar-refractivity contribution in [3.8, 4) is 0 Å². The lowest BCUT2D eigenvalue weighted by Crippen LogP contribution is -2.32. The Bertz CT molecular complexity index is 1030. The number of anilines is 1. The van der Waals surface area contributed by atoms with Crippen LogP contribution in [0.1, 0.15) is 10.4 Å². The third-order valence-corrected chi connectivity index (χ3v) is 4.98. The predicted octanol–water partition coefficient (Wildman–Crippen LogP) is 3.67. The molecule has 0 spiro atoms. The van der Waals surface area contributed by atoms with E-state index < -0.39 is 11.7 Å². The number of imide groups is 1. The lowest BCUT2D eigenvalue weighted by atomic mass is 10.2. The Balaban J connectivity index is 1.72. The van der Waals surface area contributed by atoms with Gasteiger partial charge in [-0.1, -0.05) is 18.2 Å². The van der Waals surface area contributed by atoms with E-state index in [0.717, 1.165) is 5.56 Å². The molecule has 0 atom stereocenters. The summed E-state index contributed by atoms with van der Waals surface area (Å²) in [5.41, 5.74) is 1.60. The number of pyridine rings is 1. The van der Waals surface area contributed by atoms with Gasteiger partial charge in [-0.3, -0.25) is 19.5 Å². The number of amides is 2. The van der Waals surface area contributed by atoms with Crippen molar-refractivity contribution in [3.05, 3.63) is 88.3 Å². The van der Waals surface area contributed by atoms with E-state index in [0.29, 0.717) is 16.1 Å². The molecule has 0 unspecified atom stereocenters. The maximum Gasteiger partial charge on any atom is 0.278 e. The Kier molecular flexibility index (Phi) is 4.52. The molecule has 7 heteroatoms. The van der Waals surface area contributed by atoms with Crippen LogP contribution in [0, 0.1) is 5.82 Å². The second-order valence-electron chi connectivity index (χ2n) is 5.92. The number of nitrogens with zero attached hydrogens (tertiary/aromatic N) is 2. The summed E-state index contributed by atoms with van der Waals surface area (Å²) < 4.78 is 13.5. The summed E-state index contributed by atoms with van der Waals surface area (Å²) in [6.07, 6.45) is 3.24. The number of carbonyl (C=O) groups is 2. The quantitative estimate of drug-likeness (QED) is 0.687. The highest BCUT2D eigenvalue weighted by Crippen LogP contribution is 2.33. The molecule has 0 fully saturated rings. The van der Waals surface area contributed by atoms with Crippen molar-refractivity contribution >= 4 is 34.4 Å². The molecular weight excluding hydrogens is 365 g/mol. The lowest BCUT2D eigenvalue weighted by Gasteiger charge is -2.15. The molecule has 5 nitrogen and oxygen atoms in total.